The van der Waals surface area contributed by atoms with Crippen molar-refractivity contribution in [1.82, 2.24) is 9.97 Å². The Morgan fingerprint density at radius 3 is 3.14 bits per heavy atom. The summed E-state index contributed by atoms with van der Waals surface area (Å²) in [5.74, 6) is 3.53. The Labute approximate surface area is 83.7 Å². The van der Waals surface area contributed by atoms with Crippen LogP contribution in [0, 0.1) is 12.3 Å². The number of aromatic nitrogens is 2. The van der Waals surface area contributed by atoms with E-state index < -0.39 is 0 Å². The fourth-order valence-corrected chi connectivity index (χ4v) is 0.871. The van der Waals surface area contributed by atoms with Crippen molar-refractivity contribution in [2.75, 3.05) is 18.5 Å². The van der Waals surface area contributed by atoms with Crippen molar-refractivity contribution in [3.63, 3.8) is 0 Å². The molecule has 0 aliphatic rings. The molecule has 0 radical (unpaired) electrons. The van der Waals surface area contributed by atoms with Gasteiger partial charge in [0.15, 0.2) is 6.61 Å². The molecule has 14 heavy (non-hydrogen) atoms. The Morgan fingerprint density at radius 2 is 2.43 bits per heavy atom. The van der Waals surface area contributed by atoms with Gasteiger partial charge in [0.1, 0.15) is 5.82 Å². The molecule has 1 aromatic rings. The number of anilines is 1. The van der Waals surface area contributed by atoms with Crippen LogP contribution < -0.4 is 10.1 Å². The van der Waals surface area contributed by atoms with Crippen LogP contribution in [0.25, 0.3) is 0 Å². The molecule has 74 valence electrons. The maximum atomic E-state index is 5.13. The van der Waals surface area contributed by atoms with E-state index in [1.807, 2.05) is 0 Å². The molecule has 1 rings (SSSR count). The lowest BCUT2D eigenvalue weighted by Crippen LogP contribution is -2.04. The van der Waals surface area contributed by atoms with Gasteiger partial charge < -0.3 is 10.1 Å². The molecular formula is C10H13N3O. The zero-order valence-corrected chi connectivity index (χ0v) is 8.16. The Morgan fingerprint density at radius 1 is 1.57 bits per heavy atom. The molecule has 0 amide bonds. The minimum atomic E-state index is 0.214. The zero-order valence-electron chi connectivity index (χ0n) is 8.16. The first-order chi connectivity index (χ1) is 6.86. The highest BCUT2D eigenvalue weighted by atomic mass is 16.5. The highest BCUT2D eigenvalue weighted by molar-refractivity contribution is 5.32. The van der Waals surface area contributed by atoms with Gasteiger partial charge in [0.2, 0.25) is 5.88 Å². The second-order valence-electron chi connectivity index (χ2n) is 2.66. The predicted octanol–water partition coefficient (Wildman–Crippen LogP) is 1.31. The quantitative estimate of drug-likeness (QED) is 0.713. The van der Waals surface area contributed by atoms with Crippen molar-refractivity contribution in [1.29, 1.82) is 0 Å². The van der Waals surface area contributed by atoms with E-state index in [-0.39, 0.29) is 6.61 Å². The van der Waals surface area contributed by atoms with Gasteiger partial charge in [-0.05, 0) is 6.42 Å². The van der Waals surface area contributed by atoms with Gasteiger partial charge in [-0.3, -0.25) is 4.98 Å². The molecule has 1 N–H and O–H groups in total. The van der Waals surface area contributed by atoms with Crippen molar-refractivity contribution in [2.45, 2.75) is 13.3 Å². The largest absolute Gasteiger partial charge is 0.463 e. The van der Waals surface area contributed by atoms with Gasteiger partial charge >= 0.3 is 0 Å². The Kier molecular flexibility index (Phi) is 4.29. The second-order valence-corrected chi connectivity index (χ2v) is 2.66. The van der Waals surface area contributed by atoms with Gasteiger partial charge in [0.25, 0.3) is 0 Å². The number of nitrogens with zero attached hydrogens (tertiary/aromatic N) is 2. The molecular weight excluding hydrogens is 178 g/mol. The molecule has 0 aromatic carbocycles. The van der Waals surface area contributed by atoms with Crippen molar-refractivity contribution >= 4 is 5.82 Å². The maximum absolute atomic E-state index is 5.13. The summed E-state index contributed by atoms with van der Waals surface area (Å²) in [7, 11) is 0. The van der Waals surface area contributed by atoms with Gasteiger partial charge in [0, 0.05) is 6.54 Å². The molecule has 0 spiro atoms. The van der Waals surface area contributed by atoms with E-state index in [1.54, 1.807) is 6.20 Å². The van der Waals surface area contributed by atoms with Gasteiger partial charge in [-0.25, -0.2) is 0 Å². The third kappa shape index (κ3) is 3.31. The minimum Gasteiger partial charge on any atom is -0.463 e. The monoisotopic (exact) mass is 191 g/mol. The lowest BCUT2D eigenvalue weighted by atomic mass is 10.5. The fraction of sp³-hybridized carbons (Fsp3) is 0.400. The summed E-state index contributed by atoms with van der Waals surface area (Å²) in [5, 5.41) is 3.11. The number of ether oxygens (including phenoxy) is 1. The summed E-state index contributed by atoms with van der Waals surface area (Å²) in [5.41, 5.74) is 0. The van der Waals surface area contributed by atoms with Gasteiger partial charge in [-0.2, -0.15) is 4.98 Å². The summed E-state index contributed by atoms with van der Waals surface area (Å²) in [4.78, 5) is 8.13. The topological polar surface area (TPSA) is 47.0 Å². The van der Waals surface area contributed by atoms with E-state index >= 15 is 0 Å². The first-order valence-corrected chi connectivity index (χ1v) is 4.49. The number of hydrogen-bond donors (Lipinski definition) is 1. The summed E-state index contributed by atoms with van der Waals surface area (Å²) in [6.07, 6.45) is 9.28. The van der Waals surface area contributed by atoms with E-state index in [1.165, 1.54) is 6.20 Å². The molecule has 4 heteroatoms. The lowest BCUT2D eigenvalue weighted by Gasteiger charge is -2.05. The molecule has 0 saturated heterocycles. The average Bonchev–Trinajstić information content (AvgIpc) is 2.24. The van der Waals surface area contributed by atoms with E-state index in [2.05, 4.69) is 28.1 Å². The number of nitrogens with one attached hydrogen (secondary N) is 1. The molecule has 0 fully saturated rings. The SMILES string of the molecule is C#CCOc1cncc(NCCC)n1. The van der Waals surface area contributed by atoms with Crippen molar-refractivity contribution in [3.05, 3.63) is 12.4 Å². The van der Waals surface area contributed by atoms with E-state index in [0.29, 0.717) is 11.7 Å². The van der Waals surface area contributed by atoms with Crippen LogP contribution in [0.3, 0.4) is 0 Å². The Hall–Kier alpha value is -1.76. The van der Waals surface area contributed by atoms with Crippen LogP contribution in [0.4, 0.5) is 5.82 Å². The van der Waals surface area contributed by atoms with E-state index in [0.717, 1.165) is 13.0 Å². The van der Waals surface area contributed by atoms with Crippen LogP contribution in [0.15, 0.2) is 12.4 Å². The van der Waals surface area contributed by atoms with Crippen LogP contribution in [0.1, 0.15) is 13.3 Å². The van der Waals surface area contributed by atoms with Crippen LogP contribution >= 0.6 is 0 Å². The van der Waals surface area contributed by atoms with Gasteiger partial charge in [0.05, 0.1) is 12.4 Å². The van der Waals surface area contributed by atoms with Crippen LogP contribution in [-0.4, -0.2) is 23.1 Å². The van der Waals surface area contributed by atoms with Crippen LogP contribution in [0.2, 0.25) is 0 Å². The van der Waals surface area contributed by atoms with E-state index in [4.69, 9.17) is 11.2 Å². The van der Waals surface area contributed by atoms with Crippen molar-refractivity contribution in [2.24, 2.45) is 0 Å². The summed E-state index contributed by atoms with van der Waals surface area (Å²) in [6, 6.07) is 0. The smallest absolute Gasteiger partial charge is 0.235 e. The van der Waals surface area contributed by atoms with Crippen LogP contribution in [-0.2, 0) is 0 Å². The lowest BCUT2D eigenvalue weighted by molar-refractivity contribution is 0.354. The number of terminal acetylenes is 1. The Bertz CT molecular complexity index is 319. The molecule has 0 saturated carbocycles. The molecule has 1 aromatic heterocycles. The highest BCUT2D eigenvalue weighted by Gasteiger charge is 1.97. The zero-order chi connectivity index (χ0) is 10.2. The van der Waals surface area contributed by atoms with Gasteiger partial charge in [-0.15, -0.1) is 6.42 Å². The standard InChI is InChI=1S/C10H13N3O/c1-3-5-12-9-7-11-8-10(13-9)14-6-4-2/h2,7-8H,3,5-6H2,1H3,(H,12,13). The van der Waals surface area contributed by atoms with Gasteiger partial charge in [-0.1, -0.05) is 12.8 Å². The van der Waals surface area contributed by atoms with Crippen LogP contribution in [0.5, 0.6) is 5.88 Å². The minimum absolute atomic E-state index is 0.214. The predicted molar refractivity (Wildman–Crippen MR) is 55.1 cm³/mol. The van der Waals surface area contributed by atoms with Crippen molar-refractivity contribution in [3.8, 4) is 18.2 Å². The average molecular weight is 191 g/mol. The highest BCUT2D eigenvalue weighted by Crippen LogP contribution is 2.08. The summed E-state index contributed by atoms with van der Waals surface area (Å²) < 4.78 is 5.13. The molecule has 0 aliphatic heterocycles. The summed E-state index contributed by atoms with van der Waals surface area (Å²) >= 11 is 0. The number of hydrogen-bond acceptors (Lipinski definition) is 4. The normalized spacial score (nSPS) is 9.14. The third-order valence-corrected chi connectivity index (χ3v) is 1.47. The van der Waals surface area contributed by atoms with Crippen molar-refractivity contribution < 1.29 is 4.74 Å². The fourth-order valence-electron chi connectivity index (χ4n) is 0.871. The molecule has 0 unspecified atom stereocenters. The molecule has 0 atom stereocenters. The third-order valence-electron chi connectivity index (χ3n) is 1.47. The number of rotatable bonds is 5. The molecule has 4 nitrogen and oxygen atoms in total. The second kappa shape index (κ2) is 5.81. The van der Waals surface area contributed by atoms with E-state index in [9.17, 15) is 0 Å². The maximum Gasteiger partial charge on any atom is 0.235 e. The Balaban J connectivity index is 2.55. The molecule has 0 bridgehead atoms. The molecule has 0 aliphatic carbocycles. The summed E-state index contributed by atoms with van der Waals surface area (Å²) in [6.45, 7) is 3.16. The first-order valence-electron chi connectivity index (χ1n) is 4.49. The molecule has 1 heterocycles. The first kappa shape index (κ1) is 10.3.